The minimum Gasteiger partial charge on any atom is -0.357 e. The molecule has 0 saturated carbocycles. The fourth-order valence-corrected chi connectivity index (χ4v) is 3.15. The number of hydrogen-bond acceptors (Lipinski definition) is 5. The first-order valence-electron chi connectivity index (χ1n) is 8.51. The van der Waals surface area contributed by atoms with Gasteiger partial charge in [-0.05, 0) is 18.9 Å². The van der Waals surface area contributed by atoms with E-state index in [-0.39, 0.29) is 0 Å². The van der Waals surface area contributed by atoms with Gasteiger partial charge in [0.2, 0.25) is 0 Å². The first kappa shape index (κ1) is 16.7. The van der Waals surface area contributed by atoms with E-state index >= 15 is 0 Å². The van der Waals surface area contributed by atoms with Crippen LogP contribution in [0.1, 0.15) is 31.4 Å². The number of anilines is 1. The van der Waals surface area contributed by atoms with Gasteiger partial charge in [-0.15, -0.1) is 0 Å². The van der Waals surface area contributed by atoms with E-state index in [0.717, 1.165) is 44.1 Å². The Morgan fingerprint density at radius 1 is 0.923 bits per heavy atom. The number of hydrogen-bond donors (Lipinski definition) is 0. The van der Waals surface area contributed by atoms with Gasteiger partial charge in [-0.25, -0.2) is 19.9 Å². The number of nitrogens with zero attached hydrogens (tertiary/aromatic N) is 6. The van der Waals surface area contributed by atoms with Crippen molar-refractivity contribution in [2.75, 3.05) is 18.0 Å². The number of fused-ring (bicyclic) bond motifs is 1. The maximum Gasteiger partial charge on any atom is 0.434 e. The van der Waals surface area contributed by atoms with Crippen LogP contribution < -0.4 is 4.90 Å². The fourth-order valence-electron chi connectivity index (χ4n) is 3.15. The zero-order valence-electron chi connectivity index (χ0n) is 13.9. The van der Waals surface area contributed by atoms with Crippen molar-refractivity contribution in [3.63, 3.8) is 0 Å². The van der Waals surface area contributed by atoms with Crippen LogP contribution in [0.2, 0.25) is 0 Å². The lowest BCUT2D eigenvalue weighted by molar-refractivity contribution is -0.141. The van der Waals surface area contributed by atoms with Crippen LogP contribution in [-0.4, -0.2) is 37.4 Å². The Morgan fingerprint density at radius 3 is 2.42 bits per heavy atom. The van der Waals surface area contributed by atoms with Crippen molar-refractivity contribution < 1.29 is 13.2 Å². The van der Waals surface area contributed by atoms with Crippen molar-refractivity contribution in [1.82, 2.24) is 24.3 Å². The van der Waals surface area contributed by atoms with E-state index in [2.05, 4.69) is 24.8 Å². The Bertz CT molecular complexity index is 912. The van der Waals surface area contributed by atoms with Crippen LogP contribution in [0.3, 0.4) is 0 Å². The van der Waals surface area contributed by atoms with Crippen molar-refractivity contribution in [3.05, 3.63) is 36.5 Å². The predicted molar refractivity (Wildman–Crippen MR) is 89.7 cm³/mol. The molecule has 4 rings (SSSR count). The molecule has 136 valence electrons. The summed E-state index contributed by atoms with van der Waals surface area (Å²) in [4.78, 5) is 18.6. The topological polar surface area (TPSA) is 59.2 Å². The van der Waals surface area contributed by atoms with Crippen LogP contribution in [0, 0.1) is 0 Å². The molecule has 3 aromatic heterocycles. The van der Waals surface area contributed by atoms with Gasteiger partial charge in [0, 0.05) is 25.5 Å². The standard InChI is InChI=1S/C17H17F3N6/c18-17(19,20)13-11-26-12(9-23-15(26)10-22-13)16-21-6-5-14(24-16)25-7-3-1-2-4-8-25/h5-6,9-11H,1-4,7-8H2. The molecular formula is C17H17F3N6. The van der Waals surface area contributed by atoms with E-state index in [9.17, 15) is 13.2 Å². The highest BCUT2D eigenvalue weighted by molar-refractivity contribution is 5.58. The molecule has 0 aliphatic carbocycles. The zero-order chi connectivity index (χ0) is 18.1. The fraction of sp³-hybridized carbons (Fsp3) is 0.412. The molecule has 0 amide bonds. The molecule has 1 fully saturated rings. The lowest BCUT2D eigenvalue weighted by Crippen LogP contribution is -2.25. The van der Waals surface area contributed by atoms with E-state index in [0.29, 0.717) is 17.2 Å². The summed E-state index contributed by atoms with van der Waals surface area (Å²) in [6.07, 6.45) is 5.23. The van der Waals surface area contributed by atoms with Crippen LogP contribution in [0.5, 0.6) is 0 Å². The van der Waals surface area contributed by atoms with E-state index in [1.165, 1.54) is 23.4 Å². The average Bonchev–Trinajstić information content (AvgIpc) is 2.86. The molecule has 0 spiro atoms. The van der Waals surface area contributed by atoms with Gasteiger partial charge in [0.05, 0.1) is 12.4 Å². The summed E-state index contributed by atoms with van der Waals surface area (Å²) in [5.41, 5.74) is -0.255. The third-order valence-corrected chi connectivity index (χ3v) is 4.49. The van der Waals surface area contributed by atoms with Gasteiger partial charge in [-0.1, -0.05) is 12.8 Å². The Morgan fingerprint density at radius 2 is 1.69 bits per heavy atom. The molecule has 1 aliphatic heterocycles. The van der Waals surface area contributed by atoms with Crippen LogP contribution in [0.15, 0.2) is 30.9 Å². The van der Waals surface area contributed by atoms with Crippen LogP contribution >= 0.6 is 0 Å². The monoisotopic (exact) mass is 362 g/mol. The summed E-state index contributed by atoms with van der Waals surface area (Å²) in [6.45, 7) is 1.84. The molecule has 26 heavy (non-hydrogen) atoms. The summed E-state index contributed by atoms with van der Waals surface area (Å²) in [5.74, 6) is 1.13. The zero-order valence-corrected chi connectivity index (χ0v) is 13.9. The second-order valence-electron chi connectivity index (χ2n) is 6.28. The van der Waals surface area contributed by atoms with Gasteiger partial charge in [-0.3, -0.25) is 4.40 Å². The summed E-state index contributed by atoms with van der Waals surface area (Å²) in [7, 11) is 0. The highest BCUT2D eigenvalue weighted by atomic mass is 19.4. The van der Waals surface area contributed by atoms with Gasteiger partial charge in [0.25, 0.3) is 0 Å². The molecule has 9 heteroatoms. The highest BCUT2D eigenvalue weighted by Gasteiger charge is 2.33. The third kappa shape index (κ3) is 3.21. The lowest BCUT2D eigenvalue weighted by Gasteiger charge is -2.21. The average molecular weight is 362 g/mol. The van der Waals surface area contributed by atoms with Crippen molar-refractivity contribution in [1.29, 1.82) is 0 Å². The molecule has 0 aromatic carbocycles. The van der Waals surface area contributed by atoms with Gasteiger partial charge >= 0.3 is 6.18 Å². The highest BCUT2D eigenvalue weighted by Crippen LogP contribution is 2.29. The molecule has 1 saturated heterocycles. The Hall–Kier alpha value is -2.71. The smallest absolute Gasteiger partial charge is 0.357 e. The van der Waals surface area contributed by atoms with Crippen molar-refractivity contribution in [2.24, 2.45) is 0 Å². The number of imidazole rings is 1. The SMILES string of the molecule is FC(F)(F)c1cn2c(-c3nccc(N4CCCCCC4)n3)cnc2cn1. The maximum absolute atomic E-state index is 13.0. The molecular weight excluding hydrogens is 345 g/mol. The minimum atomic E-state index is -4.52. The summed E-state index contributed by atoms with van der Waals surface area (Å²) >= 11 is 0. The quantitative estimate of drug-likeness (QED) is 0.697. The molecule has 0 radical (unpaired) electrons. The predicted octanol–water partition coefficient (Wildman–Crippen LogP) is 3.59. The van der Waals surface area contributed by atoms with Gasteiger partial charge in [-0.2, -0.15) is 13.2 Å². The summed E-state index contributed by atoms with van der Waals surface area (Å²) in [6, 6.07) is 1.83. The molecule has 1 aliphatic rings. The molecule has 0 atom stereocenters. The second-order valence-corrected chi connectivity index (χ2v) is 6.28. The number of rotatable bonds is 2. The third-order valence-electron chi connectivity index (χ3n) is 4.49. The lowest BCUT2D eigenvalue weighted by atomic mass is 10.2. The normalized spacial score (nSPS) is 16.0. The summed E-state index contributed by atoms with van der Waals surface area (Å²) < 4.78 is 40.2. The summed E-state index contributed by atoms with van der Waals surface area (Å²) in [5, 5.41) is 0. The van der Waals surface area contributed by atoms with Crippen LogP contribution in [0.25, 0.3) is 17.2 Å². The van der Waals surface area contributed by atoms with Gasteiger partial charge in [0.15, 0.2) is 17.2 Å². The maximum atomic E-state index is 13.0. The molecule has 0 N–H and O–H groups in total. The van der Waals surface area contributed by atoms with Gasteiger partial charge < -0.3 is 4.90 Å². The van der Waals surface area contributed by atoms with Crippen LogP contribution in [-0.2, 0) is 6.18 Å². The Kier molecular flexibility index (Phi) is 4.21. The molecule has 0 bridgehead atoms. The largest absolute Gasteiger partial charge is 0.434 e. The van der Waals surface area contributed by atoms with E-state index in [4.69, 9.17) is 0 Å². The first-order valence-corrected chi connectivity index (χ1v) is 8.51. The van der Waals surface area contributed by atoms with Crippen molar-refractivity contribution in [2.45, 2.75) is 31.9 Å². The first-order chi connectivity index (χ1) is 12.5. The van der Waals surface area contributed by atoms with Gasteiger partial charge in [0.1, 0.15) is 11.5 Å². The minimum absolute atomic E-state index is 0.316. The molecule has 0 unspecified atom stereocenters. The molecule has 6 nitrogen and oxygen atoms in total. The van der Waals surface area contributed by atoms with Crippen LogP contribution in [0.4, 0.5) is 19.0 Å². The number of alkyl halides is 3. The van der Waals surface area contributed by atoms with E-state index in [1.807, 2.05) is 6.07 Å². The Balaban J connectivity index is 1.74. The van der Waals surface area contributed by atoms with E-state index < -0.39 is 11.9 Å². The number of aromatic nitrogens is 5. The Labute approximate surface area is 147 Å². The molecule has 4 heterocycles. The molecule has 3 aromatic rings. The van der Waals surface area contributed by atoms with Crippen molar-refractivity contribution in [3.8, 4) is 11.5 Å². The second kappa shape index (κ2) is 6.54. The van der Waals surface area contributed by atoms with E-state index in [1.54, 1.807) is 6.20 Å². The van der Waals surface area contributed by atoms with Crippen molar-refractivity contribution >= 4 is 11.5 Å². The number of halogens is 3.